The first-order chi connectivity index (χ1) is 15.8. The Morgan fingerprint density at radius 1 is 1.09 bits per heavy atom. The maximum absolute atomic E-state index is 9.02. The second kappa shape index (κ2) is 9.68. The zero-order valence-corrected chi connectivity index (χ0v) is 18.9. The van der Waals surface area contributed by atoms with E-state index in [0.717, 1.165) is 43.2 Å². The van der Waals surface area contributed by atoms with Crippen molar-refractivity contribution >= 4 is 22.3 Å². The number of anilines is 2. The van der Waals surface area contributed by atoms with E-state index in [1.807, 2.05) is 12.1 Å². The molecule has 0 bridgehead atoms. The highest BCUT2D eigenvalue weighted by Gasteiger charge is 2.28. The Kier molecular flexibility index (Phi) is 6.33. The van der Waals surface area contributed by atoms with E-state index in [4.69, 9.17) is 15.0 Å². The molecule has 0 unspecified atom stereocenters. The third-order valence-electron chi connectivity index (χ3n) is 6.27. The van der Waals surface area contributed by atoms with Gasteiger partial charge in [-0.2, -0.15) is 5.26 Å². The van der Waals surface area contributed by atoms with Crippen LogP contribution in [0.2, 0.25) is 0 Å². The molecule has 1 saturated carbocycles. The summed E-state index contributed by atoms with van der Waals surface area (Å²) in [6.45, 7) is 1.92. The number of hydrogen-bond donors (Lipinski definition) is 1. The number of thiazole rings is 1. The van der Waals surface area contributed by atoms with E-state index in [-0.39, 0.29) is 6.04 Å². The standard InChI is InChI=1S/C25H27N5OS/c26-15-20-16-27-25(32-20)29-24-13-5-10-21(28-24)22-11-6-14-30(22)17-18-7-1-4-12-23(18)31-19-8-2-3-9-19/h1,4-5,7,10,12-13,16,19,22H,2-3,6,8-9,11,14,17H2,(H,27,28,29)/t22-/m1/s1. The minimum atomic E-state index is 0.280. The van der Waals surface area contributed by atoms with Crippen LogP contribution in [0, 0.1) is 11.3 Å². The SMILES string of the molecule is N#Cc1cnc(Nc2cccc([C@H]3CCCN3Cc3ccccc3OC3CCCC3)n2)s1. The van der Waals surface area contributed by atoms with Crippen molar-refractivity contribution in [2.45, 2.75) is 57.2 Å². The van der Waals surface area contributed by atoms with E-state index in [2.05, 4.69) is 51.6 Å². The molecule has 7 heteroatoms. The molecule has 3 heterocycles. The average Bonchev–Trinajstić information content (AvgIpc) is 3.58. The normalized spacial score (nSPS) is 19.2. The summed E-state index contributed by atoms with van der Waals surface area (Å²) in [4.78, 5) is 12.2. The molecule has 1 atom stereocenters. The van der Waals surface area contributed by atoms with Crippen molar-refractivity contribution in [1.29, 1.82) is 5.26 Å². The molecule has 3 aromatic rings. The van der Waals surface area contributed by atoms with Crippen LogP contribution in [0.4, 0.5) is 10.9 Å². The van der Waals surface area contributed by atoms with Gasteiger partial charge in [-0.15, -0.1) is 0 Å². The lowest BCUT2D eigenvalue weighted by Crippen LogP contribution is -2.24. The summed E-state index contributed by atoms with van der Waals surface area (Å²) in [6.07, 6.45) is 9.08. The first-order valence-electron chi connectivity index (χ1n) is 11.4. The van der Waals surface area contributed by atoms with Crippen molar-refractivity contribution in [2.75, 3.05) is 11.9 Å². The quantitative estimate of drug-likeness (QED) is 0.494. The van der Waals surface area contributed by atoms with Crippen LogP contribution in [0.1, 0.15) is 60.7 Å². The molecule has 2 aromatic heterocycles. The van der Waals surface area contributed by atoms with Gasteiger partial charge in [-0.05, 0) is 63.3 Å². The van der Waals surface area contributed by atoms with Crippen LogP contribution >= 0.6 is 11.3 Å². The fourth-order valence-electron chi connectivity index (χ4n) is 4.70. The second-order valence-electron chi connectivity index (χ2n) is 8.47. The zero-order chi connectivity index (χ0) is 21.8. The molecule has 164 valence electrons. The Balaban J connectivity index is 1.31. The van der Waals surface area contributed by atoms with E-state index in [1.54, 1.807) is 6.20 Å². The van der Waals surface area contributed by atoms with Gasteiger partial charge in [0.25, 0.3) is 0 Å². The number of para-hydroxylation sites is 1. The van der Waals surface area contributed by atoms with E-state index in [9.17, 15) is 0 Å². The third kappa shape index (κ3) is 4.77. The lowest BCUT2D eigenvalue weighted by Gasteiger charge is -2.26. The van der Waals surface area contributed by atoms with Crippen molar-refractivity contribution in [3.8, 4) is 11.8 Å². The van der Waals surface area contributed by atoms with Gasteiger partial charge in [-0.1, -0.05) is 35.6 Å². The highest BCUT2D eigenvalue weighted by molar-refractivity contribution is 7.16. The smallest absolute Gasteiger partial charge is 0.189 e. The van der Waals surface area contributed by atoms with Gasteiger partial charge in [-0.3, -0.25) is 4.90 Å². The largest absolute Gasteiger partial charge is 0.490 e. The molecular formula is C25H27N5OS. The molecule has 0 amide bonds. The van der Waals surface area contributed by atoms with Crippen LogP contribution in [0.5, 0.6) is 5.75 Å². The number of nitriles is 1. The highest BCUT2D eigenvalue weighted by Crippen LogP contribution is 2.35. The number of aromatic nitrogens is 2. The Morgan fingerprint density at radius 2 is 1.97 bits per heavy atom. The highest BCUT2D eigenvalue weighted by atomic mass is 32.1. The summed E-state index contributed by atoms with van der Waals surface area (Å²) in [6, 6.07) is 17.0. The summed E-state index contributed by atoms with van der Waals surface area (Å²) in [5.41, 5.74) is 2.33. The molecule has 6 nitrogen and oxygen atoms in total. The predicted molar refractivity (Wildman–Crippen MR) is 126 cm³/mol. The molecule has 1 N–H and O–H groups in total. The molecule has 1 aromatic carbocycles. The van der Waals surface area contributed by atoms with Crippen LogP contribution in [-0.2, 0) is 6.54 Å². The maximum atomic E-state index is 9.02. The zero-order valence-electron chi connectivity index (χ0n) is 18.0. The number of rotatable bonds is 7. The first kappa shape index (κ1) is 20.9. The van der Waals surface area contributed by atoms with E-state index in [1.165, 1.54) is 42.6 Å². The van der Waals surface area contributed by atoms with Crippen molar-refractivity contribution in [3.05, 3.63) is 64.8 Å². The van der Waals surface area contributed by atoms with Crippen molar-refractivity contribution in [1.82, 2.24) is 14.9 Å². The number of likely N-dealkylation sites (tertiary alicyclic amines) is 1. The summed E-state index contributed by atoms with van der Waals surface area (Å²) >= 11 is 1.33. The van der Waals surface area contributed by atoms with Crippen LogP contribution in [-0.4, -0.2) is 27.5 Å². The lowest BCUT2D eigenvalue weighted by molar-refractivity contribution is 0.198. The summed E-state index contributed by atoms with van der Waals surface area (Å²) in [5.74, 6) is 1.80. The van der Waals surface area contributed by atoms with Crippen LogP contribution in [0.15, 0.2) is 48.7 Å². The fraction of sp³-hybridized carbons (Fsp3) is 0.400. The van der Waals surface area contributed by atoms with Gasteiger partial charge in [0.15, 0.2) is 5.13 Å². The molecule has 0 radical (unpaired) electrons. The number of nitrogens with one attached hydrogen (secondary N) is 1. The van der Waals surface area contributed by atoms with Crippen molar-refractivity contribution < 1.29 is 4.74 Å². The Bertz CT molecular complexity index is 1100. The Labute approximate surface area is 192 Å². The maximum Gasteiger partial charge on any atom is 0.189 e. The van der Waals surface area contributed by atoms with Crippen LogP contribution in [0.3, 0.4) is 0 Å². The molecule has 5 rings (SSSR count). The van der Waals surface area contributed by atoms with Gasteiger partial charge >= 0.3 is 0 Å². The number of benzene rings is 1. The van der Waals surface area contributed by atoms with Gasteiger partial charge in [0.05, 0.1) is 24.0 Å². The van der Waals surface area contributed by atoms with E-state index >= 15 is 0 Å². The molecule has 1 saturated heterocycles. The monoisotopic (exact) mass is 445 g/mol. The third-order valence-corrected chi connectivity index (χ3v) is 7.09. The minimum Gasteiger partial charge on any atom is -0.490 e. The lowest BCUT2D eigenvalue weighted by atomic mass is 10.1. The van der Waals surface area contributed by atoms with Gasteiger partial charge in [0.1, 0.15) is 22.5 Å². The fourth-order valence-corrected chi connectivity index (χ4v) is 5.32. The predicted octanol–water partition coefficient (Wildman–Crippen LogP) is 5.81. The number of ether oxygens (including phenoxy) is 1. The van der Waals surface area contributed by atoms with Crippen molar-refractivity contribution in [2.24, 2.45) is 0 Å². The van der Waals surface area contributed by atoms with Gasteiger partial charge in [-0.25, -0.2) is 9.97 Å². The Hall–Kier alpha value is -2.95. The number of nitrogens with zero attached hydrogens (tertiary/aromatic N) is 4. The molecular weight excluding hydrogens is 418 g/mol. The van der Waals surface area contributed by atoms with Gasteiger partial charge in [0, 0.05) is 12.1 Å². The second-order valence-corrected chi connectivity index (χ2v) is 9.51. The topological polar surface area (TPSA) is 74.1 Å². The van der Waals surface area contributed by atoms with Gasteiger partial charge in [0.2, 0.25) is 0 Å². The summed E-state index contributed by atoms with van der Waals surface area (Å²) in [5, 5.41) is 12.9. The molecule has 1 aliphatic heterocycles. The molecule has 0 spiro atoms. The van der Waals surface area contributed by atoms with E-state index in [0.29, 0.717) is 16.1 Å². The average molecular weight is 446 g/mol. The minimum absolute atomic E-state index is 0.280. The molecule has 2 fully saturated rings. The Morgan fingerprint density at radius 3 is 2.81 bits per heavy atom. The molecule has 32 heavy (non-hydrogen) atoms. The number of pyridine rings is 1. The first-order valence-corrected chi connectivity index (χ1v) is 12.2. The van der Waals surface area contributed by atoms with Crippen molar-refractivity contribution in [3.63, 3.8) is 0 Å². The van der Waals surface area contributed by atoms with Crippen LogP contribution < -0.4 is 10.1 Å². The summed E-state index contributed by atoms with van der Waals surface area (Å²) < 4.78 is 6.37. The number of hydrogen-bond acceptors (Lipinski definition) is 7. The summed E-state index contributed by atoms with van der Waals surface area (Å²) in [7, 11) is 0. The molecule has 2 aliphatic rings. The van der Waals surface area contributed by atoms with E-state index < -0.39 is 0 Å². The molecule has 1 aliphatic carbocycles. The van der Waals surface area contributed by atoms with Crippen LogP contribution in [0.25, 0.3) is 0 Å². The van der Waals surface area contributed by atoms with Gasteiger partial charge < -0.3 is 10.1 Å².